The van der Waals surface area contributed by atoms with Crippen molar-refractivity contribution in [1.29, 1.82) is 0 Å². The lowest BCUT2D eigenvalue weighted by Crippen LogP contribution is -2.14. The molecule has 0 amide bonds. The molecule has 3 rings (SSSR count). The molecule has 0 fully saturated rings. The number of anilines is 1. The third-order valence-corrected chi connectivity index (χ3v) is 4.15. The molecule has 94 valence electrons. The largest absolute Gasteiger partial charge is 0.416 e. The van der Waals surface area contributed by atoms with E-state index >= 15 is 0 Å². The Morgan fingerprint density at radius 1 is 1.33 bits per heavy atom. The van der Waals surface area contributed by atoms with Gasteiger partial charge in [0.05, 0.1) is 0 Å². The van der Waals surface area contributed by atoms with Crippen LogP contribution in [0.1, 0.15) is 17.9 Å². The summed E-state index contributed by atoms with van der Waals surface area (Å²) in [7, 11) is 0. The number of thioether (sulfide) groups is 1. The van der Waals surface area contributed by atoms with Crippen LogP contribution in [-0.4, -0.2) is 22.0 Å². The molecule has 0 radical (unpaired) electrons. The fourth-order valence-electron chi connectivity index (χ4n) is 2.12. The summed E-state index contributed by atoms with van der Waals surface area (Å²) in [5.41, 5.74) is 2.64. The third kappa shape index (κ3) is 2.51. The summed E-state index contributed by atoms with van der Waals surface area (Å²) in [5.74, 6) is 0.627. The van der Waals surface area contributed by atoms with Gasteiger partial charge in [-0.15, -0.1) is 10.2 Å². The average Bonchev–Trinajstić information content (AvgIpc) is 2.68. The van der Waals surface area contributed by atoms with E-state index < -0.39 is 0 Å². The first kappa shape index (κ1) is 11.6. The molecule has 5 heteroatoms. The minimum absolute atomic E-state index is 0.470. The molecule has 1 unspecified atom stereocenters. The molecule has 4 nitrogen and oxygen atoms in total. The van der Waals surface area contributed by atoms with E-state index in [0.29, 0.717) is 16.4 Å². The monoisotopic (exact) mass is 261 g/mol. The molecule has 0 aliphatic carbocycles. The number of nitrogens with one attached hydrogen (secondary N) is 1. The zero-order valence-corrected chi connectivity index (χ0v) is 11.0. The van der Waals surface area contributed by atoms with Crippen LogP contribution in [0, 0.1) is 6.92 Å². The second-order valence-electron chi connectivity index (χ2n) is 4.40. The number of aromatic nitrogens is 2. The number of fused-ring (bicyclic) bond motifs is 1. The van der Waals surface area contributed by atoms with Gasteiger partial charge >= 0.3 is 0 Å². The molecule has 1 atom stereocenters. The van der Waals surface area contributed by atoms with Crippen LogP contribution in [0.3, 0.4) is 0 Å². The molecule has 0 bridgehead atoms. The SMILES string of the molecule is Cc1nnc(SC2CCc3ccccc3NC2)o1. The molecule has 1 aliphatic heterocycles. The van der Waals surface area contributed by atoms with Crippen LogP contribution >= 0.6 is 11.8 Å². The minimum Gasteiger partial charge on any atom is -0.416 e. The Labute approximate surface area is 110 Å². The summed E-state index contributed by atoms with van der Waals surface area (Å²) in [6.07, 6.45) is 2.21. The molecule has 1 aromatic carbocycles. The molecule has 1 aliphatic rings. The lowest BCUT2D eigenvalue weighted by Gasteiger charge is -2.11. The van der Waals surface area contributed by atoms with Gasteiger partial charge in [-0.3, -0.25) is 0 Å². The molecular weight excluding hydrogens is 246 g/mol. The van der Waals surface area contributed by atoms with E-state index in [1.807, 2.05) is 6.92 Å². The van der Waals surface area contributed by atoms with Gasteiger partial charge in [-0.2, -0.15) is 0 Å². The fraction of sp³-hybridized carbons (Fsp3) is 0.385. The Balaban J connectivity index is 1.68. The van der Waals surface area contributed by atoms with E-state index in [4.69, 9.17) is 4.42 Å². The average molecular weight is 261 g/mol. The van der Waals surface area contributed by atoms with Gasteiger partial charge in [0.25, 0.3) is 5.22 Å². The first-order valence-corrected chi connectivity index (χ1v) is 6.98. The molecule has 0 spiro atoms. The molecule has 18 heavy (non-hydrogen) atoms. The van der Waals surface area contributed by atoms with E-state index in [1.54, 1.807) is 11.8 Å². The molecule has 2 heterocycles. The summed E-state index contributed by atoms with van der Waals surface area (Å²) < 4.78 is 5.42. The maximum atomic E-state index is 5.42. The van der Waals surface area contributed by atoms with Crippen molar-refractivity contribution in [2.24, 2.45) is 0 Å². The summed E-state index contributed by atoms with van der Waals surface area (Å²) in [4.78, 5) is 0. The first-order valence-electron chi connectivity index (χ1n) is 6.10. The van der Waals surface area contributed by atoms with Crippen LogP contribution in [-0.2, 0) is 6.42 Å². The highest BCUT2D eigenvalue weighted by Crippen LogP contribution is 2.29. The third-order valence-electron chi connectivity index (χ3n) is 3.05. The van der Waals surface area contributed by atoms with Gasteiger partial charge < -0.3 is 9.73 Å². The smallest absolute Gasteiger partial charge is 0.276 e. The number of hydrogen-bond acceptors (Lipinski definition) is 5. The highest BCUT2D eigenvalue weighted by Gasteiger charge is 2.18. The predicted octanol–water partition coefficient (Wildman–Crippen LogP) is 2.90. The second kappa shape index (κ2) is 5.02. The Morgan fingerprint density at radius 3 is 3.06 bits per heavy atom. The second-order valence-corrected chi connectivity index (χ2v) is 5.66. The maximum Gasteiger partial charge on any atom is 0.276 e. The van der Waals surface area contributed by atoms with Crippen molar-refractivity contribution in [3.8, 4) is 0 Å². The Kier molecular flexibility index (Phi) is 3.23. The summed E-state index contributed by atoms with van der Waals surface area (Å²) >= 11 is 1.67. The minimum atomic E-state index is 0.470. The van der Waals surface area contributed by atoms with Gasteiger partial charge in [0, 0.05) is 24.4 Å². The van der Waals surface area contributed by atoms with E-state index in [1.165, 1.54) is 11.3 Å². The highest BCUT2D eigenvalue weighted by atomic mass is 32.2. The lowest BCUT2D eigenvalue weighted by molar-refractivity contribution is 0.428. The fourth-order valence-corrected chi connectivity index (χ4v) is 3.07. The molecule has 0 saturated heterocycles. The number of benzene rings is 1. The zero-order chi connectivity index (χ0) is 12.4. The highest BCUT2D eigenvalue weighted by molar-refractivity contribution is 7.99. The standard InChI is InChI=1S/C13H15N3OS/c1-9-15-16-13(17-9)18-11-7-6-10-4-2-3-5-12(10)14-8-11/h2-5,11,14H,6-8H2,1H3. The van der Waals surface area contributed by atoms with Crippen molar-refractivity contribution in [3.63, 3.8) is 0 Å². The summed E-state index contributed by atoms with van der Waals surface area (Å²) in [6.45, 7) is 2.75. The van der Waals surface area contributed by atoms with E-state index in [2.05, 4.69) is 39.8 Å². The van der Waals surface area contributed by atoms with Crippen LogP contribution < -0.4 is 5.32 Å². The van der Waals surface area contributed by atoms with Crippen molar-refractivity contribution in [2.75, 3.05) is 11.9 Å². The van der Waals surface area contributed by atoms with E-state index in [9.17, 15) is 0 Å². The number of nitrogens with zero attached hydrogens (tertiary/aromatic N) is 2. The van der Waals surface area contributed by atoms with Crippen molar-refractivity contribution in [1.82, 2.24) is 10.2 Å². The Hall–Kier alpha value is -1.49. The van der Waals surface area contributed by atoms with Gasteiger partial charge in [0.1, 0.15) is 0 Å². The Bertz CT molecular complexity index is 514. The van der Waals surface area contributed by atoms with Gasteiger partial charge in [0.2, 0.25) is 5.89 Å². The Morgan fingerprint density at radius 2 is 2.22 bits per heavy atom. The van der Waals surface area contributed by atoms with Crippen molar-refractivity contribution < 1.29 is 4.42 Å². The number of aryl methyl sites for hydroxylation is 2. The lowest BCUT2D eigenvalue weighted by atomic mass is 10.1. The van der Waals surface area contributed by atoms with Crippen molar-refractivity contribution in [2.45, 2.75) is 30.2 Å². The number of rotatable bonds is 2. The van der Waals surface area contributed by atoms with Crippen LogP contribution in [0.5, 0.6) is 0 Å². The molecule has 1 aromatic heterocycles. The molecular formula is C13H15N3OS. The van der Waals surface area contributed by atoms with Crippen LogP contribution in [0.15, 0.2) is 33.9 Å². The normalized spacial score (nSPS) is 18.8. The van der Waals surface area contributed by atoms with Crippen molar-refractivity contribution in [3.05, 3.63) is 35.7 Å². The quantitative estimate of drug-likeness (QED) is 0.900. The van der Waals surface area contributed by atoms with Crippen LogP contribution in [0.4, 0.5) is 5.69 Å². The topological polar surface area (TPSA) is 51.0 Å². The van der Waals surface area contributed by atoms with Gasteiger partial charge in [-0.05, 0) is 24.5 Å². The first-order chi connectivity index (χ1) is 8.81. The van der Waals surface area contributed by atoms with E-state index in [0.717, 1.165) is 19.4 Å². The molecule has 2 aromatic rings. The van der Waals surface area contributed by atoms with E-state index in [-0.39, 0.29) is 0 Å². The summed E-state index contributed by atoms with van der Waals surface area (Å²) in [5, 5.41) is 12.5. The maximum absolute atomic E-state index is 5.42. The van der Waals surface area contributed by atoms with Crippen molar-refractivity contribution >= 4 is 17.4 Å². The van der Waals surface area contributed by atoms with Gasteiger partial charge in [-0.25, -0.2) is 0 Å². The van der Waals surface area contributed by atoms with Crippen LogP contribution in [0.25, 0.3) is 0 Å². The van der Waals surface area contributed by atoms with Crippen LogP contribution in [0.2, 0.25) is 0 Å². The number of hydrogen-bond donors (Lipinski definition) is 1. The van der Waals surface area contributed by atoms with Gasteiger partial charge in [-0.1, -0.05) is 30.0 Å². The molecule has 1 N–H and O–H groups in total. The summed E-state index contributed by atoms with van der Waals surface area (Å²) in [6, 6.07) is 8.49. The zero-order valence-electron chi connectivity index (χ0n) is 10.2. The molecule has 0 saturated carbocycles. The van der Waals surface area contributed by atoms with Gasteiger partial charge in [0.15, 0.2) is 0 Å². The predicted molar refractivity (Wildman–Crippen MR) is 71.9 cm³/mol. The number of para-hydroxylation sites is 1.